The first-order valence-electron chi connectivity index (χ1n) is 3.55. The number of alkyl halides is 2. The third kappa shape index (κ3) is 2.11. The van der Waals surface area contributed by atoms with Gasteiger partial charge in [-0.1, -0.05) is 23.2 Å². The molecule has 14 heavy (non-hydrogen) atoms. The minimum atomic E-state index is -2.78. The molecular weight excluding hydrogens is 233 g/mol. The number of pyridine rings is 1. The standard InChI is InChI=1S/C8H4Cl2F2N2/c9-5-3-14-7(10)6(8(11)12)4(5)1-2-13/h3,8H,1H2. The Morgan fingerprint density at radius 2 is 2.14 bits per heavy atom. The van der Waals surface area contributed by atoms with Crippen molar-refractivity contribution in [3.8, 4) is 6.07 Å². The molecule has 0 unspecified atom stereocenters. The van der Waals surface area contributed by atoms with Crippen molar-refractivity contribution in [2.24, 2.45) is 0 Å². The van der Waals surface area contributed by atoms with Gasteiger partial charge < -0.3 is 0 Å². The lowest BCUT2D eigenvalue weighted by molar-refractivity contribution is 0.150. The maximum atomic E-state index is 12.5. The van der Waals surface area contributed by atoms with E-state index >= 15 is 0 Å². The molecule has 0 amide bonds. The van der Waals surface area contributed by atoms with E-state index in [-0.39, 0.29) is 22.2 Å². The van der Waals surface area contributed by atoms with E-state index in [2.05, 4.69) is 4.98 Å². The number of rotatable bonds is 2. The van der Waals surface area contributed by atoms with Crippen LogP contribution in [0.1, 0.15) is 17.6 Å². The first-order valence-corrected chi connectivity index (χ1v) is 4.31. The monoisotopic (exact) mass is 236 g/mol. The Hall–Kier alpha value is -0.920. The second kappa shape index (κ2) is 4.54. The van der Waals surface area contributed by atoms with Gasteiger partial charge >= 0.3 is 0 Å². The van der Waals surface area contributed by atoms with Crippen LogP contribution in [0.25, 0.3) is 0 Å². The molecule has 74 valence electrons. The second-order valence-electron chi connectivity index (χ2n) is 2.42. The fourth-order valence-corrected chi connectivity index (χ4v) is 1.46. The molecule has 0 saturated carbocycles. The van der Waals surface area contributed by atoms with Crippen molar-refractivity contribution in [2.45, 2.75) is 12.8 Å². The molecule has 2 nitrogen and oxygen atoms in total. The smallest absolute Gasteiger partial charge is 0.242 e. The Kier molecular flexibility index (Phi) is 3.62. The van der Waals surface area contributed by atoms with Gasteiger partial charge in [0.2, 0.25) is 0 Å². The summed E-state index contributed by atoms with van der Waals surface area (Å²) in [7, 11) is 0. The van der Waals surface area contributed by atoms with Crippen LogP contribution in [0.5, 0.6) is 0 Å². The largest absolute Gasteiger partial charge is 0.267 e. The van der Waals surface area contributed by atoms with Gasteiger partial charge in [0.15, 0.2) is 0 Å². The highest BCUT2D eigenvalue weighted by Crippen LogP contribution is 2.32. The second-order valence-corrected chi connectivity index (χ2v) is 3.19. The highest BCUT2D eigenvalue weighted by Gasteiger charge is 2.20. The molecule has 0 aromatic carbocycles. The fourth-order valence-electron chi connectivity index (χ4n) is 0.994. The lowest BCUT2D eigenvalue weighted by atomic mass is 10.1. The van der Waals surface area contributed by atoms with Crippen molar-refractivity contribution < 1.29 is 8.78 Å². The van der Waals surface area contributed by atoms with Gasteiger partial charge in [-0.3, -0.25) is 0 Å². The zero-order chi connectivity index (χ0) is 10.7. The molecular formula is C8H4Cl2F2N2. The summed E-state index contributed by atoms with van der Waals surface area (Å²) < 4.78 is 25.0. The maximum absolute atomic E-state index is 12.5. The highest BCUT2D eigenvalue weighted by molar-refractivity contribution is 6.33. The molecule has 0 aliphatic heterocycles. The molecule has 6 heteroatoms. The Morgan fingerprint density at radius 1 is 1.50 bits per heavy atom. The average Bonchev–Trinajstić information content (AvgIpc) is 2.11. The average molecular weight is 237 g/mol. The normalized spacial score (nSPS) is 10.3. The third-order valence-corrected chi connectivity index (χ3v) is 2.23. The quantitative estimate of drug-likeness (QED) is 0.739. The number of hydrogen-bond acceptors (Lipinski definition) is 2. The zero-order valence-electron chi connectivity index (χ0n) is 6.77. The minimum Gasteiger partial charge on any atom is -0.242 e. The van der Waals surface area contributed by atoms with Gasteiger partial charge in [0.1, 0.15) is 5.15 Å². The number of nitriles is 1. The molecule has 0 aliphatic carbocycles. The Balaban J connectivity index is 3.35. The Labute approximate surface area is 89.1 Å². The van der Waals surface area contributed by atoms with Crippen LogP contribution in [0, 0.1) is 11.3 Å². The molecule has 0 N–H and O–H groups in total. The van der Waals surface area contributed by atoms with Crippen molar-refractivity contribution in [2.75, 3.05) is 0 Å². The van der Waals surface area contributed by atoms with Crippen molar-refractivity contribution in [3.05, 3.63) is 27.5 Å². The molecule has 1 aromatic heterocycles. The summed E-state index contributed by atoms with van der Waals surface area (Å²) in [6.07, 6.45) is -1.83. The SMILES string of the molecule is N#CCc1c(Cl)cnc(Cl)c1C(F)F. The van der Waals surface area contributed by atoms with Crippen molar-refractivity contribution in [1.29, 1.82) is 5.26 Å². The molecule has 1 rings (SSSR count). The first kappa shape index (κ1) is 11.2. The van der Waals surface area contributed by atoms with E-state index in [1.807, 2.05) is 0 Å². The van der Waals surface area contributed by atoms with Crippen LogP contribution >= 0.6 is 23.2 Å². The van der Waals surface area contributed by atoms with Crippen LogP contribution in [0.4, 0.5) is 8.78 Å². The van der Waals surface area contributed by atoms with Gasteiger partial charge in [-0.2, -0.15) is 5.26 Å². The predicted molar refractivity (Wildman–Crippen MR) is 48.5 cm³/mol. The number of halogens is 4. The molecule has 0 saturated heterocycles. The van der Waals surface area contributed by atoms with E-state index < -0.39 is 12.0 Å². The number of nitrogens with zero attached hydrogens (tertiary/aromatic N) is 2. The van der Waals surface area contributed by atoms with E-state index in [9.17, 15) is 8.78 Å². The summed E-state index contributed by atoms with van der Waals surface area (Å²) in [5.74, 6) is 0. The molecule has 0 fully saturated rings. The lowest BCUT2D eigenvalue weighted by Crippen LogP contribution is -1.98. The zero-order valence-corrected chi connectivity index (χ0v) is 8.28. The van der Waals surface area contributed by atoms with Crippen LogP contribution in [-0.4, -0.2) is 4.98 Å². The van der Waals surface area contributed by atoms with Crippen molar-refractivity contribution >= 4 is 23.2 Å². The predicted octanol–water partition coefficient (Wildman–Crippen LogP) is 3.39. The molecule has 1 aromatic rings. The van der Waals surface area contributed by atoms with Gasteiger partial charge in [0.05, 0.1) is 23.1 Å². The van der Waals surface area contributed by atoms with E-state index in [1.54, 1.807) is 6.07 Å². The molecule has 0 atom stereocenters. The Bertz CT molecular complexity index is 388. The van der Waals surface area contributed by atoms with Gasteiger partial charge in [-0.05, 0) is 5.56 Å². The summed E-state index contributed by atoms with van der Waals surface area (Å²) in [4.78, 5) is 3.49. The summed E-state index contributed by atoms with van der Waals surface area (Å²) >= 11 is 11.1. The molecule has 0 spiro atoms. The Morgan fingerprint density at radius 3 is 2.64 bits per heavy atom. The van der Waals surface area contributed by atoms with Crippen LogP contribution < -0.4 is 0 Å². The topological polar surface area (TPSA) is 36.7 Å². The van der Waals surface area contributed by atoms with Gasteiger partial charge in [-0.25, -0.2) is 13.8 Å². The highest BCUT2D eigenvalue weighted by atomic mass is 35.5. The van der Waals surface area contributed by atoms with E-state index in [0.29, 0.717) is 0 Å². The van der Waals surface area contributed by atoms with Gasteiger partial charge in [-0.15, -0.1) is 0 Å². The molecule has 0 radical (unpaired) electrons. The van der Waals surface area contributed by atoms with Gasteiger partial charge in [0, 0.05) is 6.20 Å². The van der Waals surface area contributed by atoms with Crippen molar-refractivity contribution in [3.63, 3.8) is 0 Å². The summed E-state index contributed by atoms with van der Waals surface area (Å²) in [5, 5.41) is 8.15. The molecule has 1 heterocycles. The fraction of sp³-hybridized carbons (Fsp3) is 0.250. The summed E-state index contributed by atoms with van der Waals surface area (Å²) in [5.41, 5.74) is -0.412. The van der Waals surface area contributed by atoms with Crippen molar-refractivity contribution in [1.82, 2.24) is 4.98 Å². The number of aromatic nitrogens is 1. The van der Waals surface area contributed by atoms with Gasteiger partial charge in [0.25, 0.3) is 6.43 Å². The van der Waals surface area contributed by atoms with Crippen LogP contribution in [0.3, 0.4) is 0 Å². The first-order chi connectivity index (χ1) is 6.57. The van der Waals surface area contributed by atoms with Crippen LogP contribution in [0.2, 0.25) is 10.2 Å². The number of hydrogen-bond donors (Lipinski definition) is 0. The van der Waals surface area contributed by atoms with E-state index in [4.69, 9.17) is 28.5 Å². The molecule has 0 bridgehead atoms. The lowest BCUT2D eigenvalue weighted by Gasteiger charge is -2.08. The van der Waals surface area contributed by atoms with E-state index in [1.165, 1.54) is 0 Å². The maximum Gasteiger partial charge on any atom is 0.267 e. The summed E-state index contributed by atoms with van der Waals surface area (Å²) in [6.45, 7) is 0. The van der Waals surface area contributed by atoms with Crippen LogP contribution in [0.15, 0.2) is 6.20 Å². The minimum absolute atomic E-state index is 0.0336. The summed E-state index contributed by atoms with van der Waals surface area (Å²) in [6, 6.07) is 1.74. The molecule has 0 aliphatic rings. The van der Waals surface area contributed by atoms with E-state index in [0.717, 1.165) is 6.20 Å². The third-order valence-electron chi connectivity index (χ3n) is 1.60. The van der Waals surface area contributed by atoms with Crippen LogP contribution in [-0.2, 0) is 6.42 Å².